The Morgan fingerprint density at radius 2 is 1.95 bits per heavy atom. The Balaban J connectivity index is 2.06. The topological polar surface area (TPSA) is 66.4 Å². The van der Waals surface area contributed by atoms with E-state index in [1.807, 2.05) is 0 Å². The van der Waals surface area contributed by atoms with Gasteiger partial charge in [0.25, 0.3) is 0 Å². The predicted octanol–water partition coefficient (Wildman–Crippen LogP) is 2.64. The fraction of sp³-hybridized carbons (Fsp3) is 0.467. The molecule has 0 saturated heterocycles. The normalized spacial score (nSPS) is 22.8. The molecule has 3 unspecified atom stereocenters. The summed E-state index contributed by atoms with van der Waals surface area (Å²) in [4.78, 5) is 23.2. The molecule has 0 heterocycles. The zero-order valence-corrected chi connectivity index (χ0v) is 11.6. The second-order valence-electron chi connectivity index (χ2n) is 5.38. The fourth-order valence-electron chi connectivity index (χ4n) is 2.82. The predicted molar refractivity (Wildman–Crippen MR) is 71.4 cm³/mol. The van der Waals surface area contributed by atoms with E-state index in [4.69, 9.17) is 5.11 Å². The third-order valence-corrected chi connectivity index (χ3v) is 3.96. The Labute approximate surface area is 121 Å². The maximum absolute atomic E-state index is 13.6. The van der Waals surface area contributed by atoms with Gasteiger partial charge in [-0.05, 0) is 25.8 Å². The van der Waals surface area contributed by atoms with Crippen LogP contribution >= 0.6 is 0 Å². The van der Waals surface area contributed by atoms with Gasteiger partial charge in [0, 0.05) is 11.6 Å². The number of rotatable bonds is 4. The van der Waals surface area contributed by atoms with E-state index in [0.717, 1.165) is 12.1 Å². The van der Waals surface area contributed by atoms with Crippen molar-refractivity contribution in [2.45, 2.75) is 32.2 Å². The molecule has 2 N–H and O–H groups in total. The summed E-state index contributed by atoms with van der Waals surface area (Å²) in [6.45, 7) is 1.58. The SMILES string of the molecule is CC(NC(=O)C1CCCC1C(=O)O)c1ccc(F)cc1F. The molecule has 1 saturated carbocycles. The molecule has 0 radical (unpaired) electrons. The number of carboxylic acid groups (broad SMARTS) is 1. The maximum atomic E-state index is 13.6. The van der Waals surface area contributed by atoms with Crippen LogP contribution in [0.3, 0.4) is 0 Å². The minimum absolute atomic E-state index is 0.176. The van der Waals surface area contributed by atoms with Gasteiger partial charge in [-0.15, -0.1) is 0 Å². The quantitative estimate of drug-likeness (QED) is 0.898. The van der Waals surface area contributed by atoms with E-state index >= 15 is 0 Å². The number of benzene rings is 1. The Kier molecular flexibility index (Phi) is 4.55. The lowest BCUT2D eigenvalue weighted by Crippen LogP contribution is -2.36. The van der Waals surface area contributed by atoms with Crippen LogP contribution in [0.15, 0.2) is 18.2 Å². The zero-order chi connectivity index (χ0) is 15.6. The van der Waals surface area contributed by atoms with Gasteiger partial charge >= 0.3 is 5.97 Å². The van der Waals surface area contributed by atoms with E-state index in [-0.39, 0.29) is 5.56 Å². The average Bonchev–Trinajstić information content (AvgIpc) is 2.87. The molecule has 1 aliphatic carbocycles. The minimum atomic E-state index is -0.978. The molecule has 1 aromatic carbocycles. The van der Waals surface area contributed by atoms with Crippen molar-refractivity contribution >= 4 is 11.9 Å². The number of hydrogen-bond acceptors (Lipinski definition) is 2. The number of halogens is 2. The van der Waals surface area contributed by atoms with Crippen molar-refractivity contribution in [3.05, 3.63) is 35.4 Å². The molecular weight excluding hydrogens is 280 g/mol. The molecule has 0 aliphatic heterocycles. The summed E-state index contributed by atoms with van der Waals surface area (Å²) < 4.78 is 26.5. The molecule has 1 aliphatic rings. The highest BCUT2D eigenvalue weighted by molar-refractivity contribution is 5.85. The second-order valence-corrected chi connectivity index (χ2v) is 5.38. The minimum Gasteiger partial charge on any atom is -0.481 e. The van der Waals surface area contributed by atoms with Crippen LogP contribution in [0.2, 0.25) is 0 Å². The summed E-state index contributed by atoms with van der Waals surface area (Å²) in [6, 6.07) is 2.51. The first-order valence-corrected chi connectivity index (χ1v) is 6.88. The van der Waals surface area contributed by atoms with Crippen LogP contribution < -0.4 is 5.32 Å². The van der Waals surface area contributed by atoms with Crippen LogP contribution in [-0.4, -0.2) is 17.0 Å². The zero-order valence-electron chi connectivity index (χ0n) is 11.6. The number of carboxylic acids is 1. The molecule has 114 valence electrons. The van der Waals surface area contributed by atoms with Gasteiger partial charge in [-0.3, -0.25) is 9.59 Å². The summed E-state index contributed by atoms with van der Waals surface area (Å²) in [5, 5.41) is 11.7. The number of hydrogen-bond donors (Lipinski definition) is 2. The molecule has 2 rings (SSSR count). The van der Waals surface area contributed by atoms with Crippen LogP contribution in [-0.2, 0) is 9.59 Å². The van der Waals surface area contributed by atoms with Crippen molar-refractivity contribution in [1.29, 1.82) is 0 Å². The molecule has 6 heteroatoms. The van der Waals surface area contributed by atoms with Crippen LogP contribution in [0.5, 0.6) is 0 Å². The number of carbonyl (C=O) groups is 2. The Hall–Kier alpha value is -1.98. The van der Waals surface area contributed by atoms with Crippen molar-refractivity contribution in [1.82, 2.24) is 5.32 Å². The summed E-state index contributed by atoms with van der Waals surface area (Å²) in [6.07, 6.45) is 1.68. The van der Waals surface area contributed by atoms with Crippen LogP contribution in [0, 0.1) is 23.5 Å². The third kappa shape index (κ3) is 3.37. The van der Waals surface area contributed by atoms with Crippen molar-refractivity contribution in [3.8, 4) is 0 Å². The van der Waals surface area contributed by atoms with Crippen LogP contribution in [0.1, 0.15) is 37.8 Å². The number of nitrogens with one attached hydrogen (secondary N) is 1. The largest absolute Gasteiger partial charge is 0.481 e. The first-order chi connectivity index (χ1) is 9.90. The highest BCUT2D eigenvalue weighted by Gasteiger charge is 2.38. The average molecular weight is 297 g/mol. The van der Waals surface area contributed by atoms with Gasteiger partial charge in [-0.1, -0.05) is 12.5 Å². The highest BCUT2D eigenvalue weighted by atomic mass is 19.1. The molecule has 0 bridgehead atoms. The molecule has 0 spiro atoms. The third-order valence-electron chi connectivity index (χ3n) is 3.96. The van der Waals surface area contributed by atoms with Gasteiger partial charge in [0.05, 0.1) is 17.9 Å². The summed E-state index contributed by atoms with van der Waals surface area (Å²) in [5.74, 6) is -4.06. The van der Waals surface area contributed by atoms with Gasteiger partial charge in [0.1, 0.15) is 11.6 Å². The lowest BCUT2D eigenvalue weighted by Gasteiger charge is -2.20. The molecule has 0 aromatic heterocycles. The van der Waals surface area contributed by atoms with Gasteiger partial charge in [-0.2, -0.15) is 0 Å². The molecule has 1 aromatic rings. The first-order valence-electron chi connectivity index (χ1n) is 6.88. The summed E-state index contributed by atoms with van der Waals surface area (Å²) in [7, 11) is 0. The number of carbonyl (C=O) groups excluding carboxylic acids is 1. The molecule has 1 amide bonds. The van der Waals surface area contributed by atoms with E-state index in [1.54, 1.807) is 6.92 Å². The standard InChI is InChI=1S/C15H17F2NO3/c1-8(10-6-5-9(16)7-13(10)17)18-14(19)11-3-2-4-12(11)15(20)21/h5-8,11-12H,2-4H2,1H3,(H,18,19)(H,20,21). The lowest BCUT2D eigenvalue weighted by atomic mass is 9.94. The first kappa shape index (κ1) is 15.4. The van der Waals surface area contributed by atoms with Gasteiger partial charge in [0.15, 0.2) is 0 Å². The number of amides is 1. The van der Waals surface area contributed by atoms with E-state index < -0.39 is 41.4 Å². The Morgan fingerprint density at radius 3 is 2.57 bits per heavy atom. The molecular formula is C15H17F2NO3. The van der Waals surface area contributed by atoms with Crippen LogP contribution in [0.25, 0.3) is 0 Å². The summed E-state index contributed by atoms with van der Waals surface area (Å²) >= 11 is 0. The van der Waals surface area contributed by atoms with Gasteiger partial charge in [-0.25, -0.2) is 8.78 Å². The molecule has 4 nitrogen and oxygen atoms in total. The van der Waals surface area contributed by atoms with E-state index in [0.29, 0.717) is 19.3 Å². The summed E-state index contributed by atoms with van der Waals surface area (Å²) in [5.41, 5.74) is 0.176. The Bertz CT molecular complexity index is 562. The number of aliphatic carboxylic acids is 1. The second kappa shape index (κ2) is 6.20. The van der Waals surface area contributed by atoms with E-state index in [2.05, 4.69) is 5.32 Å². The van der Waals surface area contributed by atoms with Crippen molar-refractivity contribution in [2.24, 2.45) is 11.8 Å². The van der Waals surface area contributed by atoms with Crippen LogP contribution in [0.4, 0.5) is 8.78 Å². The van der Waals surface area contributed by atoms with Crippen molar-refractivity contribution < 1.29 is 23.5 Å². The van der Waals surface area contributed by atoms with Gasteiger partial charge < -0.3 is 10.4 Å². The van der Waals surface area contributed by atoms with Gasteiger partial charge in [0.2, 0.25) is 5.91 Å². The Morgan fingerprint density at radius 1 is 1.29 bits per heavy atom. The molecule has 21 heavy (non-hydrogen) atoms. The molecule has 1 fully saturated rings. The van der Waals surface area contributed by atoms with E-state index in [9.17, 15) is 18.4 Å². The molecule has 3 atom stereocenters. The van der Waals surface area contributed by atoms with E-state index in [1.165, 1.54) is 6.07 Å². The van der Waals surface area contributed by atoms with Crippen molar-refractivity contribution in [2.75, 3.05) is 0 Å². The fourth-order valence-corrected chi connectivity index (χ4v) is 2.82. The maximum Gasteiger partial charge on any atom is 0.307 e. The van der Waals surface area contributed by atoms with Crippen molar-refractivity contribution in [3.63, 3.8) is 0 Å². The smallest absolute Gasteiger partial charge is 0.307 e. The monoisotopic (exact) mass is 297 g/mol. The highest BCUT2D eigenvalue weighted by Crippen LogP contribution is 2.32. The lowest BCUT2D eigenvalue weighted by molar-refractivity contribution is -0.146.